The molecule has 134 valence electrons. The van der Waals surface area contributed by atoms with E-state index in [0.717, 1.165) is 11.1 Å². The number of carbonyl (C=O) groups is 1. The van der Waals surface area contributed by atoms with Crippen LogP contribution in [-0.4, -0.2) is 22.5 Å². The summed E-state index contributed by atoms with van der Waals surface area (Å²) in [6.45, 7) is 0.574. The number of aliphatic imine (C=N–C) groups is 2. The van der Waals surface area contributed by atoms with E-state index in [1.54, 1.807) is 30.5 Å². The van der Waals surface area contributed by atoms with Crippen molar-refractivity contribution in [3.8, 4) is 0 Å². The van der Waals surface area contributed by atoms with Gasteiger partial charge in [-0.3, -0.25) is 4.79 Å². The fourth-order valence-electron chi connectivity index (χ4n) is 2.87. The zero-order valence-electron chi connectivity index (χ0n) is 13.9. The number of amidine groups is 2. The average molecular weight is 417 g/mol. The molecule has 0 spiro atoms. The van der Waals surface area contributed by atoms with Crippen molar-refractivity contribution in [3.05, 3.63) is 92.6 Å². The summed E-state index contributed by atoms with van der Waals surface area (Å²) in [5.41, 5.74) is 2.05. The predicted octanol–water partition coefficient (Wildman–Crippen LogP) is 5.44. The summed E-state index contributed by atoms with van der Waals surface area (Å²) in [6.07, 6.45) is 5.35. The molecule has 0 atom stereocenters. The van der Waals surface area contributed by atoms with Gasteiger partial charge in [0.15, 0.2) is 5.84 Å². The molecule has 0 aliphatic carbocycles. The third-order valence-electron chi connectivity index (χ3n) is 4.15. The van der Waals surface area contributed by atoms with Crippen molar-refractivity contribution in [1.29, 1.82) is 0 Å². The first kappa shape index (κ1) is 18.0. The lowest BCUT2D eigenvalue weighted by molar-refractivity contribution is 0.100. The Balaban J connectivity index is 1.82. The number of allylic oxidation sites excluding steroid dienone is 2. The second-order valence-corrected chi connectivity index (χ2v) is 7.25. The highest BCUT2D eigenvalue weighted by molar-refractivity contribution is 6.37. The third-order valence-corrected chi connectivity index (χ3v) is 4.92. The summed E-state index contributed by atoms with van der Waals surface area (Å²) in [5, 5.41) is 1.31. The minimum Gasteiger partial charge on any atom is -0.327 e. The fourth-order valence-corrected chi connectivity index (χ4v) is 3.54. The Labute approximate surface area is 171 Å². The zero-order valence-corrected chi connectivity index (χ0v) is 16.1. The molecule has 0 fully saturated rings. The van der Waals surface area contributed by atoms with E-state index in [4.69, 9.17) is 34.8 Å². The molecule has 1 amide bonds. The van der Waals surface area contributed by atoms with E-state index in [1.165, 1.54) is 6.07 Å². The molecule has 0 saturated carbocycles. The van der Waals surface area contributed by atoms with Gasteiger partial charge < -0.3 is 4.90 Å². The first-order valence-corrected chi connectivity index (χ1v) is 9.22. The van der Waals surface area contributed by atoms with Gasteiger partial charge in [-0.05, 0) is 35.9 Å². The summed E-state index contributed by atoms with van der Waals surface area (Å²) in [6, 6.07) is 12.4. The Morgan fingerprint density at radius 2 is 1.89 bits per heavy atom. The molecule has 0 N–H and O–H groups in total. The SMILES string of the molecule is O=C(N=C1N=C2C=CC(Cl)=CN2Cc2ccccc21)c1ccc(Cl)cc1Cl. The van der Waals surface area contributed by atoms with Crippen LogP contribution in [0.5, 0.6) is 0 Å². The zero-order chi connectivity index (χ0) is 19.0. The molecule has 0 bridgehead atoms. The van der Waals surface area contributed by atoms with Gasteiger partial charge in [0.1, 0.15) is 5.84 Å². The first-order chi connectivity index (χ1) is 13.0. The summed E-state index contributed by atoms with van der Waals surface area (Å²) in [7, 11) is 0. The number of fused-ring (bicyclic) bond motifs is 2. The van der Waals surface area contributed by atoms with Crippen molar-refractivity contribution in [2.24, 2.45) is 9.98 Å². The number of halogens is 3. The van der Waals surface area contributed by atoms with Gasteiger partial charge in [0.05, 0.1) is 15.6 Å². The van der Waals surface area contributed by atoms with Crippen LogP contribution in [0.25, 0.3) is 0 Å². The smallest absolute Gasteiger partial charge is 0.280 e. The number of carbonyl (C=O) groups excluding carboxylic acids is 1. The van der Waals surface area contributed by atoms with Crippen LogP contribution in [0.1, 0.15) is 21.5 Å². The first-order valence-electron chi connectivity index (χ1n) is 8.08. The molecule has 4 nitrogen and oxygen atoms in total. The Kier molecular flexibility index (Phi) is 4.87. The van der Waals surface area contributed by atoms with Gasteiger partial charge in [-0.2, -0.15) is 4.99 Å². The summed E-state index contributed by atoms with van der Waals surface area (Å²) in [5.74, 6) is 0.507. The Hall–Kier alpha value is -2.40. The third kappa shape index (κ3) is 3.69. The van der Waals surface area contributed by atoms with Crippen LogP contribution < -0.4 is 0 Å². The summed E-state index contributed by atoms with van der Waals surface area (Å²) >= 11 is 18.2. The monoisotopic (exact) mass is 415 g/mol. The second kappa shape index (κ2) is 7.31. The maximum absolute atomic E-state index is 12.7. The summed E-state index contributed by atoms with van der Waals surface area (Å²) in [4.78, 5) is 23.5. The van der Waals surface area contributed by atoms with Crippen LogP contribution >= 0.6 is 34.8 Å². The highest BCUT2D eigenvalue weighted by atomic mass is 35.5. The normalized spacial score (nSPS) is 17.0. The minimum absolute atomic E-state index is 0.250. The van der Waals surface area contributed by atoms with Gasteiger partial charge in [0.25, 0.3) is 5.91 Å². The lowest BCUT2D eigenvalue weighted by Gasteiger charge is -2.21. The molecule has 0 unspecified atom stereocenters. The van der Waals surface area contributed by atoms with Crippen molar-refractivity contribution in [1.82, 2.24) is 4.90 Å². The number of rotatable bonds is 1. The lowest BCUT2D eigenvalue weighted by Crippen LogP contribution is -2.25. The van der Waals surface area contributed by atoms with Gasteiger partial charge >= 0.3 is 0 Å². The van der Waals surface area contributed by atoms with Crippen molar-refractivity contribution in [3.63, 3.8) is 0 Å². The van der Waals surface area contributed by atoms with Gasteiger partial charge in [-0.15, -0.1) is 0 Å². The molecule has 4 rings (SSSR count). The van der Waals surface area contributed by atoms with E-state index < -0.39 is 5.91 Å². The molecule has 2 aliphatic rings. The van der Waals surface area contributed by atoms with Crippen LogP contribution in [-0.2, 0) is 6.54 Å². The molecule has 2 aliphatic heterocycles. The number of amides is 1. The van der Waals surface area contributed by atoms with E-state index in [-0.39, 0.29) is 10.6 Å². The minimum atomic E-state index is -0.479. The highest BCUT2D eigenvalue weighted by Crippen LogP contribution is 2.25. The molecule has 2 aromatic carbocycles. The Bertz CT molecular complexity index is 1070. The van der Waals surface area contributed by atoms with Crippen LogP contribution in [0.4, 0.5) is 0 Å². The maximum Gasteiger partial charge on any atom is 0.280 e. The van der Waals surface area contributed by atoms with Crippen LogP contribution in [0.2, 0.25) is 10.0 Å². The lowest BCUT2D eigenvalue weighted by atomic mass is 10.1. The standard InChI is InChI=1S/C20H12Cl3N3O/c21-13-5-7-16(17(23)9-13)20(27)25-19-15-4-2-1-3-12(15)10-26-11-14(22)6-8-18(26)24-19/h1-9,11H,10H2. The van der Waals surface area contributed by atoms with E-state index in [0.29, 0.717) is 28.3 Å². The Morgan fingerprint density at radius 1 is 1.07 bits per heavy atom. The predicted molar refractivity (Wildman–Crippen MR) is 110 cm³/mol. The largest absolute Gasteiger partial charge is 0.327 e. The van der Waals surface area contributed by atoms with Crippen LogP contribution in [0.3, 0.4) is 0 Å². The quantitative estimate of drug-likeness (QED) is 0.621. The van der Waals surface area contributed by atoms with E-state index in [9.17, 15) is 4.79 Å². The van der Waals surface area contributed by atoms with Gasteiger partial charge in [-0.25, -0.2) is 4.99 Å². The molecule has 27 heavy (non-hydrogen) atoms. The van der Waals surface area contributed by atoms with Crippen molar-refractivity contribution in [2.75, 3.05) is 0 Å². The molecule has 0 aromatic heterocycles. The number of benzene rings is 2. The van der Waals surface area contributed by atoms with Crippen molar-refractivity contribution >= 4 is 52.4 Å². The number of hydrogen-bond donors (Lipinski definition) is 0. The second-order valence-electron chi connectivity index (χ2n) is 5.97. The summed E-state index contributed by atoms with van der Waals surface area (Å²) < 4.78 is 0. The number of nitrogens with zero attached hydrogens (tertiary/aromatic N) is 3. The van der Waals surface area contributed by atoms with E-state index in [1.807, 2.05) is 29.2 Å². The maximum atomic E-state index is 12.7. The van der Waals surface area contributed by atoms with Gasteiger partial charge in [0.2, 0.25) is 0 Å². The fraction of sp³-hybridized carbons (Fsp3) is 0.0500. The van der Waals surface area contributed by atoms with E-state index in [2.05, 4.69) is 9.98 Å². The molecule has 2 heterocycles. The molecule has 0 radical (unpaired) electrons. The molecular formula is C20H12Cl3N3O. The number of hydrogen-bond acceptors (Lipinski definition) is 2. The molecule has 0 saturated heterocycles. The van der Waals surface area contributed by atoms with Crippen LogP contribution in [0, 0.1) is 0 Å². The van der Waals surface area contributed by atoms with Crippen molar-refractivity contribution in [2.45, 2.75) is 6.54 Å². The Morgan fingerprint density at radius 3 is 2.70 bits per heavy atom. The van der Waals surface area contributed by atoms with Gasteiger partial charge in [-0.1, -0.05) is 59.1 Å². The van der Waals surface area contributed by atoms with Crippen LogP contribution in [0.15, 0.2) is 75.8 Å². The highest BCUT2D eigenvalue weighted by Gasteiger charge is 2.22. The average Bonchev–Trinajstić information content (AvgIpc) is 2.78. The van der Waals surface area contributed by atoms with E-state index >= 15 is 0 Å². The topological polar surface area (TPSA) is 45.0 Å². The molecule has 7 heteroatoms. The molecular weight excluding hydrogens is 405 g/mol. The van der Waals surface area contributed by atoms with Crippen molar-refractivity contribution < 1.29 is 4.79 Å². The molecule has 2 aromatic rings. The van der Waals surface area contributed by atoms with Gasteiger partial charge in [0, 0.05) is 23.3 Å².